The molecule has 200 valence electrons. The molecule has 0 heterocycles. The van der Waals surface area contributed by atoms with E-state index in [1.807, 2.05) is 55.5 Å². The summed E-state index contributed by atoms with van der Waals surface area (Å²) in [5.74, 6) is 2.91. The molecular weight excluding hydrogens is 494 g/mol. The largest absolute Gasteiger partial charge is 0.490 e. The summed E-state index contributed by atoms with van der Waals surface area (Å²) >= 11 is 5.29. The molecule has 0 atom stereocenters. The van der Waals surface area contributed by atoms with Crippen LogP contribution in [0.5, 0.6) is 17.2 Å². The van der Waals surface area contributed by atoms with Gasteiger partial charge in [-0.15, -0.1) is 0 Å². The van der Waals surface area contributed by atoms with Gasteiger partial charge in [0, 0.05) is 6.54 Å². The molecule has 1 aliphatic rings. The Bertz CT molecular complexity index is 1160. The first kappa shape index (κ1) is 27.5. The quantitative estimate of drug-likeness (QED) is 0.119. The second-order valence-corrected chi connectivity index (χ2v) is 9.69. The SMILES string of the molecule is CCOc1cc(/C=N\NC(=S)NCc2ccccc2)ccc1OCCOc1ccc(C2CCCCC2)cc1. The Morgan fingerprint density at radius 2 is 1.66 bits per heavy atom. The van der Waals surface area contributed by atoms with Crippen LogP contribution in [0.3, 0.4) is 0 Å². The van der Waals surface area contributed by atoms with E-state index in [4.69, 9.17) is 26.4 Å². The Morgan fingerprint density at radius 1 is 0.895 bits per heavy atom. The van der Waals surface area contributed by atoms with Crippen molar-refractivity contribution in [2.75, 3.05) is 19.8 Å². The lowest BCUT2D eigenvalue weighted by Crippen LogP contribution is -2.31. The van der Waals surface area contributed by atoms with Gasteiger partial charge in [-0.1, -0.05) is 61.7 Å². The van der Waals surface area contributed by atoms with Crippen molar-refractivity contribution in [2.45, 2.75) is 51.5 Å². The maximum absolute atomic E-state index is 5.96. The number of hydrogen-bond donors (Lipinski definition) is 2. The third-order valence-corrected chi connectivity index (χ3v) is 6.75. The number of benzene rings is 3. The Hall–Kier alpha value is -3.58. The Labute approximate surface area is 231 Å². The molecule has 4 rings (SSSR count). The van der Waals surface area contributed by atoms with Gasteiger partial charge < -0.3 is 19.5 Å². The zero-order valence-electron chi connectivity index (χ0n) is 22.0. The molecule has 1 fully saturated rings. The fraction of sp³-hybridized carbons (Fsp3) is 0.355. The Balaban J connectivity index is 1.21. The number of thiocarbonyl (C=S) groups is 1. The lowest BCUT2D eigenvalue weighted by molar-refractivity contribution is 0.208. The van der Waals surface area contributed by atoms with Crippen LogP contribution >= 0.6 is 12.2 Å². The van der Waals surface area contributed by atoms with E-state index in [-0.39, 0.29) is 0 Å². The number of hydrogen-bond acceptors (Lipinski definition) is 5. The maximum atomic E-state index is 5.96. The third kappa shape index (κ3) is 8.77. The van der Waals surface area contributed by atoms with Gasteiger partial charge in [0.05, 0.1) is 12.8 Å². The van der Waals surface area contributed by atoms with E-state index < -0.39 is 0 Å². The number of hydrazone groups is 1. The van der Waals surface area contributed by atoms with E-state index in [1.165, 1.54) is 37.7 Å². The normalized spacial score (nSPS) is 13.7. The average molecular weight is 532 g/mol. The molecule has 38 heavy (non-hydrogen) atoms. The topological polar surface area (TPSA) is 64.1 Å². The third-order valence-electron chi connectivity index (χ3n) is 6.51. The molecule has 0 unspecified atom stereocenters. The standard InChI is InChI=1S/C31H37N3O3S/c1-2-35-30-21-25(23-33-34-31(38)32-22-24-9-5-3-6-10-24)13-18-29(30)37-20-19-36-28-16-14-27(15-17-28)26-11-7-4-8-12-26/h3,5-6,9-10,13-18,21,23,26H,2,4,7-8,11-12,19-20,22H2,1H3,(H2,32,34,38)/b33-23-. The molecular formula is C31H37N3O3S. The first-order chi connectivity index (χ1) is 18.7. The van der Waals surface area contributed by atoms with E-state index in [0.29, 0.717) is 48.9 Å². The molecule has 0 aromatic heterocycles. The molecule has 3 aromatic carbocycles. The van der Waals surface area contributed by atoms with E-state index in [9.17, 15) is 0 Å². The monoisotopic (exact) mass is 531 g/mol. The van der Waals surface area contributed by atoms with Gasteiger partial charge in [0.25, 0.3) is 0 Å². The lowest BCUT2D eigenvalue weighted by atomic mass is 9.84. The number of nitrogens with one attached hydrogen (secondary N) is 2. The maximum Gasteiger partial charge on any atom is 0.187 e. The molecule has 6 nitrogen and oxygen atoms in total. The predicted molar refractivity (Wildman–Crippen MR) is 157 cm³/mol. The van der Waals surface area contributed by atoms with Gasteiger partial charge in [-0.05, 0) is 84.9 Å². The summed E-state index contributed by atoms with van der Waals surface area (Å²) in [4.78, 5) is 0. The number of nitrogens with zero attached hydrogens (tertiary/aromatic N) is 1. The van der Waals surface area contributed by atoms with Gasteiger partial charge in [0.1, 0.15) is 19.0 Å². The van der Waals surface area contributed by atoms with E-state index >= 15 is 0 Å². The summed E-state index contributed by atoms with van der Waals surface area (Å²) < 4.78 is 17.7. The van der Waals surface area contributed by atoms with Crippen molar-refractivity contribution in [2.24, 2.45) is 5.10 Å². The van der Waals surface area contributed by atoms with Crippen LogP contribution in [-0.4, -0.2) is 31.1 Å². The van der Waals surface area contributed by atoms with Crippen LogP contribution in [0, 0.1) is 0 Å². The Morgan fingerprint density at radius 3 is 2.42 bits per heavy atom. The molecule has 0 bridgehead atoms. The van der Waals surface area contributed by atoms with Crippen LogP contribution < -0.4 is 25.0 Å². The summed E-state index contributed by atoms with van der Waals surface area (Å²) in [6.45, 7) is 3.99. The van der Waals surface area contributed by atoms with Crippen molar-refractivity contribution in [1.29, 1.82) is 0 Å². The Kier molecular flexibility index (Phi) is 10.8. The highest BCUT2D eigenvalue weighted by atomic mass is 32.1. The second kappa shape index (κ2) is 15.0. The van der Waals surface area contributed by atoms with Crippen molar-refractivity contribution >= 4 is 23.5 Å². The van der Waals surface area contributed by atoms with Crippen molar-refractivity contribution < 1.29 is 14.2 Å². The zero-order valence-corrected chi connectivity index (χ0v) is 22.8. The van der Waals surface area contributed by atoms with Gasteiger partial charge in [0.2, 0.25) is 0 Å². The summed E-state index contributed by atoms with van der Waals surface area (Å²) in [6, 6.07) is 24.3. The summed E-state index contributed by atoms with van der Waals surface area (Å²) in [5, 5.41) is 7.83. The minimum Gasteiger partial charge on any atom is -0.490 e. The molecule has 0 radical (unpaired) electrons. The number of ether oxygens (including phenoxy) is 3. The first-order valence-electron chi connectivity index (χ1n) is 13.4. The molecule has 1 saturated carbocycles. The molecule has 3 aromatic rings. The van der Waals surface area contributed by atoms with Gasteiger partial charge in [-0.2, -0.15) is 5.10 Å². The zero-order chi connectivity index (χ0) is 26.4. The van der Waals surface area contributed by atoms with Crippen molar-refractivity contribution in [3.05, 3.63) is 89.5 Å². The van der Waals surface area contributed by atoms with Gasteiger partial charge in [-0.25, -0.2) is 0 Å². The van der Waals surface area contributed by atoms with Crippen LogP contribution in [-0.2, 0) is 6.54 Å². The van der Waals surface area contributed by atoms with E-state index in [1.54, 1.807) is 6.21 Å². The summed E-state index contributed by atoms with van der Waals surface area (Å²) in [5.41, 5.74) is 6.29. The average Bonchev–Trinajstić information content (AvgIpc) is 2.96. The second-order valence-electron chi connectivity index (χ2n) is 9.28. The lowest BCUT2D eigenvalue weighted by Gasteiger charge is -2.22. The molecule has 0 saturated heterocycles. The van der Waals surface area contributed by atoms with Crippen LogP contribution in [0.25, 0.3) is 0 Å². The van der Waals surface area contributed by atoms with Crippen LogP contribution in [0.1, 0.15) is 61.6 Å². The molecule has 0 aliphatic heterocycles. The van der Waals surface area contributed by atoms with Crippen LogP contribution in [0.2, 0.25) is 0 Å². The van der Waals surface area contributed by atoms with E-state index in [2.05, 4.69) is 40.1 Å². The van der Waals surface area contributed by atoms with Crippen LogP contribution in [0.15, 0.2) is 77.9 Å². The highest BCUT2D eigenvalue weighted by molar-refractivity contribution is 7.80. The fourth-order valence-electron chi connectivity index (χ4n) is 4.56. The van der Waals surface area contributed by atoms with Gasteiger partial charge in [0.15, 0.2) is 16.6 Å². The summed E-state index contributed by atoms with van der Waals surface area (Å²) in [6.07, 6.45) is 8.36. The summed E-state index contributed by atoms with van der Waals surface area (Å²) in [7, 11) is 0. The van der Waals surface area contributed by atoms with Gasteiger partial charge >= 0.3 is 0 Å². The van der Waals surface area contributed by atoms with Gasteiger partial charge in [-0.3, -0.25) is 5.43 Å². The fourth-order valence-corrected chi connectivity index (χ4v) is 4.68. The predicted octanol–water partition coefficient (Wildman–Crippen LogP) is 6.59. The molecule has 0 amide bonds. The molecule has 2 N–H and O–H groups in total. The van der Waals surface area contributed by atoms with Crippen molar-refractivity contribution in [3.8, 4) is 17.2 Å². The number of rotatable bonds is 12. The highest BCUT2D eigenvalue weighted by Crippen LogP contribution is 2.33. The van der Waals surface area contributed by atoms with Crippen LogP contribution in [0.4, 0.5) is 0 Å². The van der Waals surface area contributed by atoms with Crippen molar-refractivity contribution in [1.82, 2.24) is 10.7 Å². The first-order valence-corrected chi connectivity index (χ1v) is 13.9. The smallest absolute Gasteiger partial charge is 0.187 e. The van der Waals surface area contributed by atoms with E-state index in [0.717, 1.165) is 16.9 Å². The molecule has 1 aliphatic carbocycles. The highest BCUT2D eigenvalue weighted by Gasteiger charge is 2.15. The minimum atomic E-state index is 0.417. The van der Waals surface area contributed by atoms with Crippen molar-refractivity contribution in [3.63, 3.8) is 0 Å². The molecule has 0 spiro atoms. The molecule has 7 heteroatoms. The minimum absolute atomic E-state index is 0.417.